The van der Waals surface area contributed by atoms with E-state index in [0.717, 1.165) is 38.1 Å². The molecule has 1 saturated heterocycles. The number of carboxylic acids is 1. The van der Waals surface area contributed by atoms with Crippen molar-refractivity contribution >= 4 is 11.7 Å². The Hall–Kier alpha value is -2.87. The number of anilines is 1. The van der Waals surface area contributed by atoms with Gasteiger partial charge in [0.1, 0.15) is 0 Å². The molecule has 0 aliphatic carbocycles. The maximum absolute atomic E-state index is 11.7. The summed E-state index contributed by atoms with van der Waals surface area (Å²) >= 11 is 0. The second-order valence-corrected chi connectivity index (χ2v) is 5.72. The third kappa shape index (κ3) is 2.95. The van der Waals surface area contributed by atoms with Gasteiger partial charge in [-0.25, -0.2) is 9.48 Å². The van der Waals surface area contributed by atoms with E-state index in [2.05, 4.69) is 21.9 Å². The standard InChI is InChI=1S/C16H18N4O4/c1-18-6-8-19(9-7-18)11-4-2-3-5-12(11)20-10-13(21)15(22)14(17-20)16(23)24/h2-5,10,21H,6-9H2,1H3,(H,23,24). The number of aromatic nitrogens is 2. The zero-order valence-corrected chi connectivity index (χ0v) is 13.2. The number of likely N-dealkylation sites (N-methyl/N-ethyl adjacent to an activating group) is 1. The fourth-order valence-electron chi connectivity index (χ4n) is 2.71. The topological polar surface area (TPSA) is 98.9 Å². The molecule has 8 nitrogen and oxygen atoms in total. The van der Waals surface area contributed by atoms with Crippen LogP contribution in [0.25, 0.3) is 5.69 Å². The molecule has 24 heavy (non-hydrogen) atoms. The van der Waals surface area contributed by atoms with E-state index in [-0.39, 0.29) is 0 Å². The average molecular weight is 330 g/mol. The molecule has 1 aliphatic rings. The normalized spacial score (nSPS) is 15.5. The largest absolute Gasteiger partial charge is 0.503 e. The monoisotopic (exact) mass is 330 g/mol. The molecule has 1 aromatic heterocycles. The fourth-order valence-corrected chi connectivity index (χ4v) is 2.71. The van der Waals surface area contributed by atoms with Crippen LogP contribution in [0.5, 0.6) is 5.75 Å². The van der Waals surface area contributed by atoms with Crippen LogP contribution in [0.2, 0.25) is 0 Å². The number of hydrogen-bond acceptors (Lipinski definition) is 6. The maximum Gasteiger partial charge on any atom is 0.360 e. The molecule has 126 valence electrons. The summed E-state index contributed by atoms with van der Waals surface area (Å²) in [6, 6.07) is 7.37. The van der Waals surface area contributed by atoms with Crippen molar-refractivity contribution in [1.82, 2.24) is 14.7 Å². The lowest BCUT2D eigenvalue weighted by atomic mass is 10.2. The molecule has 1 fully saturated rings. The molecule has 3 rings (SSSR count). The van der Waals surface area contributed by atoms with Crippen molar-refractivity contribution in [2.45, 2.75) is 0 Å². The first kappa shape index (κ1) is 16.0. The van der Waals surface area contributed by atoms with E-state index in [1.165, 1.54) is 4.68 Å². The van der Waals surface area contributed by atoms with Crippen molar-refractivity contribution in [1.29, 1.82) is 0 Å². The van der Waals surface area contributed by atoms with Crippen LogP contribution in [0, 0.1) is 0 Å². The Labute approximate surface area is 138 Å². The summed E-state index contributed by atoms with van der Waals surface area (Å²) in [5.74, 6) is -2.11. The predicted octanol–water partition coefficient (Wildman–Crippen LogP) is 0.388. The minimum atomic E-state index is -1.47. The molecule has 2 aromatic rings. The number of carboxylic acid groups (broad SMARTS) is 1. The average Bonchev–Trinajstić information content (AvgIpc) is 2.57. The first-order valence-corrected chi connectivity index (χ1v) is 7.56. The van der Waals surface area contributed by atoms with Crippen LogP contribution in [-0.4, -0.2) is 64.1 Å². The molecule has 2 N–H and O–H groups in total. The Morgan fingerprint density at radius 2 is 1.75 bits per heavy atom. The summed E-state index contributed by atoms with van der Waals surface area (Å²) in [6.45, 7) is 3.48. The number of hydrogen-bond donors (Lipinski definition) is 2. The Morgan fingerprint density at radius 3 is 2.38 bits per heavy atom. The number of benzene rings is 1. The molecule has 0 amide bonds. The second kappa shape index (κ2) is 6.32. The highest BCUT2D eigenvalue weighted by atomic mass is 16.4. The minimum absolute atomic E-state index is 0.611. The van der Waals surface area contributed by atoms with E-state index >= 15 is 0 Å². The second-order valence-electron chi connectivity index (χ2n) is 5.72. The number of para-hydroxylation sites is 2. The van der Waals surface area contributed by atoms with Crippen LogP contribution < -0.4 is 10.3 Å². The van der Waals surface area contributed by atoms with E-state index < -0.39 is 22.8 Å². The molecule has 8 heteroatoms. The molecular formula is C16H18N4O4. The van der Waals surface area contributed by atoms with Gasteiger partial charge >= 0.3 is 5.97 Å². The molecule has 0 unspecified atom stereocenters. The number of aromatic hydroxyl groups is 1. The van der Waals surface area contributed by atoms with Crippen LogP contribution in [0.15, 0.2) is 35.3 Å². The molecule has 0 bridgehead atoms. The smallest absolute Gasteiger partial charge is 0.360 e. The molecule has 0 atom stereocenters. The summed E-state index contributed by atoms with van der Waals surface area (Å²) in [4.78, 5) is 27.3. The van der Waals surface area contributed by atoms with E-state index in [4.69, 9.17) is 5.11 Å². The first-order chi connectivity index (χ1) is 11.5. The zero-order valence-electron chi connectivity index (χ0n) is 13.2. The third-order valence-corrected chi connectivity index (χ3v) is 4.08. The van der Waals surface area contributed by atoms with Crippen molar-refractivity contribution in [3.63, 3.8) is 0 Å². The van der Waals surface area contributed by atoms with Gasteiger partial charge < -0.3 is 20.0 Å². The number of rotatable bonds is 3. The highest BCUT2D eigenvalue weighted by molar-refractivity contribution is 5.85. The van der Waals surface area contributed by atoms with E-state index in [9.17, 15) is 14.7 Å². The summed E-state index contributed by atoms with van der Waals surface area (Å²) in [7, 11) is 2.06. The van der Waals surface area contributed by atoms with Crippen molar-refractivity contribution in [2.24, 2.45) is 0 Å². The van der Waals surface area contributed by atoms with Crippen LogP contribution in [0.1, 0.15) is 10.5 Å². The maximum atomic E-state index is 11.7. The van der Waals surface area contributed by atoms with Gasteiger partial charge in [0, 0.05) is 26.2 Å². The van der Waals surface area contributed by atoms with Crippen LogP contribution in [-0.2, 0) is 0 Å². The van der Waals surface area contributed by atoms with E-state index in [0.29, 0.717) is 5.69 Å². The Kier molecular flexibility index (Phi) is 4.22. The molecule has 0 saturated carbocycles. The molecule has 1 aromatic carbocycles. The van der Waals surface area contributed by atoms with Gasteiger partial charge in [0.05, 0.1) is 17.6 Å². The van der Waals surface area contributed by atoms with Gasteiger partial charge in [-0.05, 0) is 19.2 Å². The number of piperazine rings is 1. The Morgan fingerprint density at radius 1 is 1.12 bits per heavy atom. The SMILES string of the molecule is CN1CCN(c2ccccc2-n2cc(O)c(=O)c(C(=O)O)n2)CC1. The van der Waals surface area contributed by atoms with E-state index in [1.807, 2.05) is 12.1 Å². The highest BCUT2D eigenvalue weighted by Crippen LogP contribution is 2.25. The van der Waals surface area contributed by atoms with Crippen molar-refractivity contribution < 1.29 is 15.0 Å². The van der Waals surface area contributed by atoms with Crippen molar-refractivity contribution in [2.75, 3.05) is 38.1 Å². The lowest BCUT2D eigenvalue weighted by Crippen LogP contribution is -2.44. The summed E-state index contributed by atoms with van der Waals surface area (Å²) in [6.07, 6.45) is 1.14. The van der Waals surface area contributed by atoms with Crippen molar-refractivity contribution in [3.05, 3.63) is 46.4 Å². The van der Waals surface area contributed by atoms with Crippen LogP contribution >= 0.6 is 0 Å². The highest BCUT2D eigenvalue weighted by Gasteiger charge is 2.20. The van der Waals surface area contributed by atoms with Crippen LogP contribution in [0.4, 0.5) is 5.69 Å². The molecule has 1 aliphatic heterocycles. The molecule has 0 radical (unpaired) electrons. The molecular weight excluding hydrogens is 312 g/mol. The lowest BCUT2D eigenvalue weighted by molar-refractivity contribution is 0.0686. The Balaban J connectivity index is 2.08. The minimum Gasteiger partial charge on any atom is -0.503 e. The lowest BCUT2D eigenvalue weighted by Gasteiger charge is -2.35. The van der Waals surface area contributed by atoms with Crippen molar-refractivity contribution in [3.8, 4) is 11.4 Å². The number of carbonyl (C=O) groups is 1. The van der Waals surface area contributed by atoms with Gasteiger partial charge in [0.2, 0.25) is 5.69 Å². The number of aromatic carboxylic acids is 1. The fraction of sp³-hybridized carbons (Fsp3) is 0.312. The van der Waals surface area contributed by atoms with Gasteiger partial charge in [-0.15, -0.1) is 0 Å². The molecule has 0 spiro atoms. The summed E-state index contributed by atoms with van der Waals surface area (Å²) in [5.41, 5.74) is -0.212. The predicted molar refractivity (Wildman–Crippen MR) is 88.2 cm³/mol. The quantitative estimate of drug-likeness (QED) is 0.840. The van der Waals surface area contributed by atoms with E-state index in [1.54, 1.807) is 12.1 Å². The summed E-state index contributed by atoms with van der Waals surface area (Å²) in [5, 5.41) is 22.8. The van der Waals surface area contributed by atoms with Crippen LogP contribution in [0.3, 0.4) is 0 Å². The first-order valence-electron chi connectivity index (χ1n) is 7.56. The van der Waals surface area contributed by atoms with Gasteiger partial charge in [-0.2, -0.15) is 5.10 Å². The van der Waals surface area contributed by atoms with Gasteiger partial charge in [0.15, 0.2) is 5.75 Å². The molecule has 2 heterocycles. The summed E-state index contributed by atoms with van der Waals surface area (Å²) < 4.78 is 1.24. The number of nitrogens with zero attached hydrogens (tertiary/aromatic N) is 4. The Bertz CT molecular complexity index is 825. The van der Waals surface area contributed by atoms with Gasteiger partial charge in [-0.1, -0.05) is 12.1 Å². The zero-order chi connectivity index (χ0) is 17.3. The van der Waals surface area contributed by atoms with Gasteiger partial charge in [0.25, 0.3) is 5.43 Å². The van der Waals surface area contributed by atoms with Gasteiger partial charge in [-0.3, -0.25) is 4.79 Å². The third-order valence-electron chi connectivity index (χ3n) is 4.08.